The van der Waals surface area contributed by atoms with Crippen molar-refractivity contribution in [3.63, 3.8) is 0 Å². The molecule has 0 unspecified atom stereocenters. The van der Waals surface area contributed by atoms with Crippen LogP contribution in [0.25, 0.3) is 16.6 Å². The van der Waals surface area contributed by atoms with Crippen LogP contribution in [-0.4, -0.2) is 4.57 Å². The summed E-state index contributed by atoms with van der Waals surface area (Å²) in [5.41, 5.74) is 10.3. The third kappa shape index (κ3) is 2.70. The smallest absolute Gasteiger partial charge is 0.261 e. The molecule has 4 aromatic rings. The van der Waals surface area contributed by atoms with E-state index in [1.165, 1.54) is 0 Å². The first-order chi connectivity index (χ1) is 12.3. The summed E-state index contributed by atoms with van der Waals surface area (Å²) in [6, 6.07) is 27.4. The first kappa shape index (κ1) is 15.2. The predicted molar refractivity (Wildman–Crippen MR) is 103 cm³/mol. The second-order valence-corrected chi connectivity index (χ2v) is 6.05. The third-order valence-corrected chi connectivity index (χ3v) is 4.46. The van der Waals surface area contributed by atoms with Crippen molar-refractivity contribution in [2.45, 2.75) is 6.42 Å². The molecule has 2 N–H and O–H groups in total. The molecule has 122 valence electrons. The van der Waals surface area contributed by atoms with E-state index in [0.717, 1.165) is 22.2 Å². The fourth-order valence-electron chi connectivity index (χ4n) is 3.22. The van der Waals surface area contributed by atoms with Crippen molar-refractivity contribution in [2.24, 2.45) is 0 Å². The van der Waals surface area contributed by atoms with Crippen LogP contribution in [0.4, 0.5) is 5.69 Å². The van der Waals surface area contributed by atoms with Gasteiger partial charge in [0.25, 0.3) is 5.56 Å². The number of hydrogen-bond donors (Lipinski definition) is 1. The summed E-state index contributed by atoms with van der Waals surface area (Å²) in [7, 11) is 0. The summed E-state index contributed by atoms with van der Waals surface area (Å²) in [6.45, 7) is 0. The molecule has 3 aromatic carbocycles. The Bertz CT molecular complexity index is 1080. The van der Waals surface area contributed by atoms with Crippen molar-refractivity contribution in [3.05, 3.63) is 106 Å². The van der Waals surface area contributed by atoms with E-state index >= 15 is 0 Å². The largest absolute Gasteiger partial charge is 0.398 e. The minimum atomic E-state index is -0.0637. The van der Waals surface area contributed by atoms with Crippen LogP contribution >= 0.6 is 0 Å². The van der Waals surface area contributed by atoms with Gasteiger partial charge in [0, 0.05) is 23.1 Å². The molecule has 0 aliphatic rings. The summed E-state index contributed by atoms with van der Waals surface area (Å²) >= 11 is 0. The zero-order valence-electron chi connectivity index (χ0n) is 13.7. The lowest BCUT2D eigenvalue weighted by Gasteiger charge is -2.16. The summed E-state index contributed by atoms with van der Waals surface area (Å²) in [5.74, 6) is 0. The first-order valence-corrected chi connectivity index (χ1v) is 8.27. The fraction of sp³-hybridized carbons (Fsp3) is 0.0455. The average Bonchev–Trinajstić information content (AvgIpc) is 2.67. The Morgan fingerprint density at radius 1 is 0.760 bits per heavy atom. The second-order valence-electron chi connectivity index (χ2n) is 6.05. The average molecular weight is 326 g/mol. The number of rotatable bonds is 3. The van der Waals surface area contributed by atoms with E-state index in [4.69, 9.17) is 5.73 Å². The summed E-state index contributed by atoms with van der Waals surface area (Å²) in [5, 5.41) is 0.900. The molecular formula is C22H18N2O. The van der Waals surface area contributed by atoms with E-state index in [-0.39, 0.29) is 5.56 Å². The molecule has 0 fully saturated rings. The lowest BCUT2D eigenvalue weighted by Crippen LogP contribution is -2.25. The van der Waals surface area contributed by atoms with Gasteiger partial charge in [0.05, 0.1) is 11.2 Å². The number of aromatic nitrogens is 1. The highest BCUT2D eigenvalue weighted by Gasteiger charge is 2.15. The Morgan fingerprint density at radius 2 is 1.36 bits per heavy atom. The van der Waals surface area contributed by atoms with E-state index in [9.17, 15) is 4.79 Å². The molecule has 25 heavy (non-hydrogen) atoms. The van der Waals surface area contributed by atoms with Gasteiger partial charge in [-0.2, -0.15) is 0 Å². The highest BCUT2D eigenvalue weighted by molar-refractivity contribution is 5.93. The summed E-state index contributed by atoms with van der Waals surface area (Å²) < 4.78 is 1.75. The van der Waals surface area contributed by atoms with Gasteiger partial charge in [-0.15, -0.1) is 0 Å². The molecule has 1 heterocycles. The number of nitrogens with zero attached hydrogens (tertiary/aromatic N) is 1. The molecule has 0 saturated carbocycles. The van der Waals surface area contributed by atoms with E-state index in [0.29, 0.717) is 17.7 Å². The van der Waals surface area contributed by atoms with Gasteiger partial charge in [-0.1, -0.05) is 66.7 Å². The zero-order chi connectivity index (χ0) is 17.2. The van der Waals surface area contributed by atoms with Crippen LogP contribution < -0.4 is 11.3 Å². The van der Waals surface area contributed by atoms with Gasteiger partial charge in [-0.25, -0.2) is 0 Å². The molecule has 0 spiro atoms. The maximum Gasteiger partial charge on any atom is 0.261 e. The number of nitrogens with two attached hydrogens (primary N) is 1. The molecule has 0 amide bonds. The van der Waals surface area contributed by atoms with E-state index in [1.807, 2.05) is 84.9 Å². The normalized spacial score (nSPS) is 10.9. The molecular weight excluding hydrogens is 308 g/mol. The van der Waals surface area contributed by atoms with Crippen molar-refractivity contribution in [2.75, 3.05) is 5.73 Å². The Morgan fingerprint density at radius 3 is 2.08 bits per heavy atom. The van der Waals surface area contributed by atoms with Crippen molar-refractivity contribution < 1.29 is 0 Å². The standard InChI is InChI=1S/C22H18N2O/c23-21-18-13-7-8-14-20(18)24(17-11-5-2-6-12-17)22(25)19(21)15-16-9-3-1-4-10-16/h1-14H,15,23H2. The number of nitrogen functional groups attached to an aromatic ring is 1. The van der Waals surface area contributed by atoms with Crippen LogP contribution in [0.3, 0.4) is 0 Å². The van der Waals surface area contributed by atoms with Crippen molar-refractivity contribution in [3.8, 4) is 5.69 Å². The maximum absolute atomic E-state index is 13.3. The molecule has 4 rings (SSSR count). The van der Waals surface area contributed by atoms with Crippen LogP contribution in [0.1, 0.15) is 11.1 Å². The number of hydrogen-bond acceptors (Lipinski definition) is 2. The van der Waals surface area contributed by atoms with Crippen LogP contribution in [0, 0.1) is 0 Å². The van der Waals surface area contributed by atoms with Gasteiger partial charge in [0.2, 0.25) is 0 Å². The van der Waals surface area contributed by atoms with Crippen LogP contribution in [0.15, 0.2) is 89.7 Å². The van der Waals surface area contributed by atoms with Crippen molar-refractivity contribution >= 4 is 16.6 Å². The summed E-state index contributed by atoms with van der Waals surface area (Å²) in [6.07, 6.45) is 0.517. The van der Waals surface area contributed by atoms with Crippen LogP contribution in [0.2, 0.25) is 0 Å². The van der Waals surface area contributed by atoms with E-state index < -0.39 is 0 Å². The molecule has 3 heteroatoms. The quantitative estimate of drug-likeness (QED) is 0.614. The second kappa shape index (κ2) is 6.29. The molecule has 1 aromatic heterocycles. The lowest BCUT2D eigenvalue weighted by molar-refractivity contribution is 0.996. The van der Waals surface area contributed by atoms with E-state index in [2.05, 4.69) is 0 Å². The van der Waals surface area contributed by atoms with E-state index in [1.54, 1.807) is 4.57 Å². The van der Waals surface area contributed by atoms with Gasteiger partial charge in [-0.05, 0) is 23.8 Å². The molecule has 0 aliphatic heterocycles. The Kier molecular flexibility index (Phi) is 3.82. The highest BCUT2D eigenvalue weighted by Crippen LogP contribution is 2.26. The number of fused-ring (bicyclic) bond motifs is 1. The number of pyridine rings is 1. The van der Waals surface area contributed by atoms with Crippen LogP contribution in [-0.2, 0) is 6.42 Å². The monoisotopic (exact) mass is 326 g/mol. The number of anilines is 1. The predicted octanol–water partition coefficient (Wildman–Crippen LogP) is 4.16. The number of benzene rings is 3. The molecule has 0 aliphatic carbocycles. The third-order valence-electron chi connectivity index (χ3n) is 4.46. The lowest BCUT2D eigenvalue weighted by atomic mass is 10.0. The Balaban J connectivity index is 2.03. The minimum Gasteiger partial charge on any atom is -0.398 e. The van der Waals surface area contributed by atoms with Crippen molar-refractivity contribution in [1.29, 1.82) is 0 Å². The molecule has 0 atom stereocenters. The first-order valence-electron chi connectivity index (χ1n) is 8.27. The van der Waals surface area contributed by atoms with Gasteiger partial charge in [-0.3, -0.25) is 9.36 Å². The Hall–Kier alpha value is -3.33. The van der Waals surface area contributed by atoms with Gasteiger partial charge >= 0.3 is 0 Å². The fourth-order valence-corrected chi connectivity index (χ4v) is 3.22. The molecule has 3 nitrogen and oxygen atoms in total. The SMILES string of the molecule is Nc1c(Cc2ccccc2)c(=O)n(-c2ccccc2)c2ccccc12. The zero-order valence-corrected chi connectivity index (χ0v) is 13.7. The highest BCUT2D eigenvalue weighted by atomic mass is 16.1. The van der Waals surface area contributed by atoms with Gasteiger partial charge in [0.15, 0.2) is 0 Å². The summed E-state index contributed by atoms with van der Waals surface area (Å²) in [4.78, 5) is 13.3. The number of para-hydroxylation sites is 2. The topological polar surface area (TPSA) is 48.0 Å². The van der Waals surface area contributed by atoms with Gasteiger partial charge in [0.1, 0.15) is 0 Å². The Labute approximate surface area is 146 Å². The van der Waals surface area contributed by atoms with Crippen molar-refractivity contribution in [1.82, 2.24) is 4.57 Å². The minimum absolute atomic E-state index is 0.0637. The molecule has 0 bridgehead atoms. The van der Waals surface area contributed by atoms with Gasteiger partial charge < -0.3 is 5.73 Å². The van der Waals surface area contributed by atoms with Crippen LogP contribution in [0.5, 0.6) is 0 Å². The molecule has 0 radical (unpaired) electrons. The molecule has 0 saturated heterocycles. The maximum atomic E-state index is 13.3.